The third-order valence-electron chi connectivity index (χ3n) is 5.30. The summed E-state index contributed by atoms with van der Waals surface area (Å²) in [7, 11) is 6.30. The molecular formula is C25H44NO3+. The van der Waals surface area contributed by atoms with Gasteiger partial charge in [-0.2, -0.15) is 0 Å². The molecule has 0 aliphatic heterocycles. The van der Waals surface area contributed by atoms with Gasteiger partial charge in [0.1, 0.15) is 12.3 Å². The van der Waals surface area contributed by atoms with E-state index in [4.69, 9.17) is 4.74 Å². The first-order valence-electron chi connectivity index (χ1n) is 11.5. The molecule has 0 aliphatic rings. The number of nitrogens with zero attached hydrogens (tertiary/aromatic N) is 1. The fourth-order valence-electron chi connectivity index (χ4n) is 4.16. The topological polar surface area (TPSA) is 46.5 Å². The Labute approximate surface area is 178 Å². The Morgan fingerprint density at radius 3 is 1.90 bits per heavy atom. The third-order valence-corrected chi connectivity index (χ3v) is 5.30. The zero-order valence-electron chi connectivity index (χ0n) is 19.3. The Morgan fingerprint density at radius 1 is 0.897 bits per heavy atom. The number of aliphatic carboxylic acids is 1. The molecule has 166 valence electrons. The summed E-state index contributed by atoms with van der Waals surface area (Å²) in [5.74, 6) is -0.0317. The summed E-state index contributed by atoms with van der Waals surface area (Å²) in [6, 6.07) is 9.67. The van der Waals surface area contributed by atoms with Crippen LogP contribution < -0.4 is 4.74 Å². The van der Waals surface area contributed by atoms with Crippen LogP contribution in [0.5, 0.6) is 5.75 Å². The van der Waals surface area contributed by atoms with Crippen molar-refractivity contribution in [3.63, 3.8) is 0 Å². The molecule has 1 aromatic rings. The van der Waals surface area contributed by atoms with Gasteiger partial charge in [0, 0.05) is 0 Å². The van der Waals surface area contributed by atoms with Gasteiger partial charge in [0.2, 0.25) is 0 Å². The first-order valence-corrected chi connectivity index (χ1v) is 11.5. The second-order valence-electron chi connectivity index (χ2n) is 9.55. The lowest BCUT2D eigenvalue weighted by Gasteiger charge is -2.39. The van der Waals surface area contributed by atoms with E-state index in [1.807, 2.05) is 30.3 Å². The maximum Gasteiger partial charge on any atom is 0.307 e. The van der Waals surface area contributed by atoms with Crippen molar-refractivity contribution >= 4 is 5.97 Å². The van der Waals surface area contributed by atoms with Crippen LogP contribution in [0.1, 0.15) is 84.0 Å². The van der Waals surface area contributed by atoms with E-state index in [1.54, 1.807) is 0 Å². The molecule has 1 rings (SSSR count). The van der Waals surface area contributed by atoms with Crippen LogP contribution >= 0.6 is 0 Å². The third kappa shape index (κ3) is 12.6. The highest BCUT2D eigenvalue weighted by atomic mass is 16.5. The average Bonchev–Trinajstić information content (AvgIpc) is 2.62. The molecule has 0 heterocycles. The van der Waals surface area contributed by atoms with Crippen LogP contribution in [0.15, 0.2) is 30.3 Å². The largest absolute Gasteiger partial charge is 0.481 e. The molecular weight excluding hydrogens is 362 g/mol. The van der Waals surface area contributed by atoms with Crippen LogP contribution in [0.3, 0.4) is 0 Å². The van der Waals surface area contributed by atoms with Crippen molar-refractivity contribution in [2.45, 2.75) is 89.6 Å². The van der Waals surface area contributed by atoms with Crippen LogP contribution in [-0.2, 0) is 4.79 Å². The molecule has 0 saturated heterocycles. The van der Waals surface area contributed by atoms with Crippen LogP contribution in [0, 0.1) is 0 Å². The number of rotatable bonds is 17. The van der Waals surface area contributed by atoms with Crippen molar-refractivity contribution in [3.05, 3.63) is 30.3 Å². The fraction of sp³-hybridized carbons (Fsp3) is 0.720. The highest BCUT2D eigenvalue weighted by molar-refractivity contribution is 5.68. The molecule has 0 saturated carbocycles. The molecule has 1 unspecified atom stereocenters. The van der Waals surface area contributed by atoms with E-state index >= 15 is 0 Å². The lowest BCUT2D eigenvalue weighted by Crippen LogP contribution is -2.53. The van der Waals surface area contributed by atoms with E-state index in [1.165, 1.54) is 51.4 Å². The molecule has 0 aromatic heterocycles. The van der Waals surface area contributed by atoms with Crippen molar-refractivity contribution in [1.82, 2.24) is 0 Å². The molecule has 1 N–H and O–H groups in total. The minimum absolute atomic E-state index is 0.0366. The zero-order valence-corrected chi connectivity index (χ0v) is 19.3. The molecule has 0 aliphatic carbocycles. The van der Waals surface area contributed by atoms with Crippen LogP contribution in [0.25, 0.3) is 0 Å². The molecule has 0 spiro atoms. The molecule has 4 nitrogen and oxygen atoms in total. The van der Waals surface area contributed by atoms with Crippen molar-refractivity contribution in [2.75, 3.05) is 27.7 Å². The van der Waals surface area contributed by atoms with Gasteiger partial charge in [-0.15, -0.1) is 0 Å². The van der Waals surface area contributed by atoms with E-state index < -0.39 is 11.6 Å². The Bertz CT molecular complexity index is 553. The quantitative estimate of drug-likeness (QED) is 0.244. The second kappa shape index (κ2) is 13.6. The van der Waals surface area contributed by atoms with E-state index in [0.29, 0.717) is 11.0 Å². The van der Waals surface area contributed by atoms with E-state index in [-0.39, 0.29) is 6.42 Å². The highest BCUT2D eigenvalue weighted by Gasteiger charge is 2.40. The highest BCUT2D eigenvalue weighted by Crippen LogP contribution is 2.29. The number of para-hydroxylation sites is 1. The summed E-state index contributed by atoms with van der Waals surface area (Å²) in [6.45, 7) is 2.93. The summed E-state index contributed by atoms with van der Waals surface area (Å²) in [4.78, 5) is 11.7. The number of hydrogen-bond acceptors (Lipinski definition) is 2. The lowest BCUT2D eigenvalue weighted by atomic mass is 9.90. The maximum absolute atomic E-state index is 11.7. The molecule has 0 radical (unpaired) electrons. The molecule has 1 atom stereocenters. The Morgan fingerprint density at radius 2 is 1.41 bits per heavy atom. The fourth-order valence-corrected chi connectivity index (χ4v) is 4.16. The standard InChI is InChI=1S/C25H43NO3/c1-5-6-7-8-9-10-11-12-13-17-20-25(21-24(27)28,22-26(2,3)4)29-23-18-15-14-16-19-23/h14-16,18-19H,5-13,17,20-22H2,1-4H3/p+1. The Hall–Kier alpha value is -1.55. The molecule has 0 bridgehead atoms. The number of ether oxygens (including phenoxy) is 1. The van der Waals surface area contributed by atoms with Crippen LogP contribution in [0.4, 0.5) is 0 Å². The average molecular weight is 407 g/mol. The van der Waals surface area contributed by atoms with Gasteiger partial charge in [0.25, 0.3) is 0 Å². The molecule has 0 amide bonds. The maximum atomic E-state index is 11.7. The number of likely N-dealkylation sites (N-methyl/N-ethyl adjacent to an activating group) is 1. The summed E-state index contributed by atoms with van der Waals surface area (Å²) in [6.07, 6.45) is 13.6. The van der Waals surface area contributed by atoms with Crippen LogP contribution in [-0.4, -0.2) is 48.8 Å². The summed E-state index contributed by atoms with van der Waals surface area (Å²) in [5, 5.41) is 9.60. The predicted octanol–water partition coefficient (Wildman–Crippen LogP) is 6.30. The van der Waals surface area contributed by atoms with Crippen LogP contribution in [0.2, 0.25) is 0 Å². The van der Waals surface area contributed by atoms with Gasteiger partial charge in [-0.3, -0.25) is 4.79 Å². The number of benzene rings is 1. The summed E-state index contributed by atoms with van der Waals surface area (Å²) in [5.41, 5.74) is -0.675. The minimum Gasteiger partial charge on any atom is -0.481 e. The zero-order chi connectivity index (χ0) is 21.6. The van der Waals surface area contributed by atoms with Crippen molar-refractivity contribution in [2.24, 2.45) is 0 Å². The second-order valence-corrected chi connectivity index (χ2v) is 9.55. The Balaban J connectivity index is 2.57. The number of carboxylic acids is 1. The monoisotopic (exact) mass is 406 g/mol. The molecule has 4 heteroatoms. The number of carboxylic acid groups (broad SMARTS) is 1. The van der Waals surface area contributed by atoms with E-state index in [2.05, 4.69) is 28.1 Å². The minimum atomic E-state index is -0.790. The van der Waals surface area contributed by atoms with Gasteiger partial charge in [-0.25, -0.2) is 0 Å². The Kier molecular flexibility index (Phi) is 12.0. The molecule has 1 aromatic carbocycles. The summed E-state index contributed by atoms with van der Waals surface area (Å²) < 4.78 is 7.05. The van der Waals surface area contributed by atoms with Crippen molar-refractivity contribution in [3.8, 4) is 5.75 Å². The first-order chi connectivity index (χ1) is 13.8. The normalized spacial score (nSPS) is 13.8. The predicted molar refractivity (Wildman–Crippen MR) is 121 cm³/mol. The van der Waals surface area contributed by atoms with E-state index in [9.17, 15) is 9.90 Å². The van der Waals surface area contributed by atoms with Gasteiger partial charge in [-0.05, 0) is 25.0 Å². The number of carbonyl (C=O) groups is 1. The lowest BCUT2D eigenvalue weighted by molar-refractivity contribution is -0.876. The smallest absolute Gasteiger partial charge is 0.307 e. The van der Waals surface area contributed by atoms with Gasteiger partial charge >= 0.3 is 5.97 Å². The van der Waals surface area contributed by atoms with Gasteiger partial charge < -0.3 is 14.3 Å². The molecule has 0 fully saturated rings. The van der Waals surface area contributed by atoms with Gasteiger partial charge in [-0.1, -0.05) is 82.9 Å². The number of unbranched alkanes of at least 4 members (excludes halogenated alkanes) is 9. The number of hydrogen-bond donors (Lipinski definition) is 1. The molecule has 29 heavy (non-hydrogen) atoms. The van der Waals surface area contributed by atoms with Crippen molar-refractivity contribution < 1.29 is 19.1 Å². The van der Waals surface area contributed by atoms with E-state index in [0.717, 1.165) is 25.0 Å². The first kappa shape index (κ1) is 25.5. The van der Waals surface area contributed by atoms with Crippen molar-refractivity contribution in [1.29, 1.82) is 0 Å². The SMILES string of the molecule is CCCCCCCCCCCCC(CC(=O)O)(C[N+](C)(C)C)Oc1ccccc1. The number of quaternary nitrogens is 1. The van der Waals surface area contributed by atoms with Gasteiger partial charge in [0.15, 0.2) is 5.60 Å². The van der Waals surface area contributed by atoms with Gasteiger partial charge in [0.05, 0.1) is 27.6 Å². The summed E-state index contributed by atoms with van der Waals surface area (Å²) >= 11 is 0.